The lowest BCUT2D eigenvalue weighted by atomic mass is 9.94. The quantitative estimate of drug-likeness (QED) is 0.581. The average molecular weight is 298 g/mol. The Morgan fingerprint density at radius 1 is 0.909 bits per heavy atom. The van der Waals surface area contributed by atoms with Crippen LogP contribution < -0.4 is 4.57 Å². The number of rotatable bonds is 1. The molecular formula is C19H18F2N+. The zero-order valence-corrected chi connectivity index (χ0v) is 13.2. The van der Waals surface area contributed by atoms with Crippen LogP contribution in [0.3, 0.4) is 0 Å². The molecule has 3 aromatic rings. The summed E-state index contributed by atoms with van der Waals surface area (Å²) in [5, 5.41) is 1.80. The van der Waals surface area contributed by atoms with Crippen molar-refractivity contribution in [2.45, 2.75) is 20.8 Å². The van der Waals surface area contributed by atoms with E-state index in [1.54, 1.807) is 19.9 Å². The lowest BCUT2D eigenvalue weighted by Gasteiger charge is -2.12. The van der Waals surface area contributed by atoms with Crippen molar-refractivity contribution in [1.82, 2.24) is 0 Å². The molecule has 1 heterocycles. The third-order valence-electron chi connectivity index (χ3n) is 4.36. The number of halogens is 2. The van der Waals surface area contributed by atoms with Gasteiger partial charge in [-0.3, -0.25) is 0 Å². The Balaban J connectivity index is 2.43. The first-order valence-electron chi connectivity index (χ1n) is 7.24. The molecule has 0 aliphatic carbocycles. The summed E-state index contributed by atoms with van der Waals surface area (Å²) in [5.41, 5.74) is 4.15. The molecule has 0 aliphatic rings. The fraction of sp³-hybridized carbons (Fsp3) is 0.211. The van der Waals surface area contributed by atoms with Crippen molar-refractivity contribution in [2.24, 2.45) is 7.05 Å². The molecule has 3 rings (SSSR count). The van der Waals surface area contributed by atoms with Gasteiger partial charge in [0.1, 0.15) is 18.7 Å². The second kappa shape index (κ2) is 5.16. The fourth-order valence-corrected chi connectivity index (χ4v) is 2.98. The van der Waals surface area contributed by atoms with Crippen LogP contribution in [0.5, 0.6) is 0 Å². The Bertz CT molecular complexity index is 898. The summed E-state index contributed by atoms with van der Waals surface area (Å²) in [6, 6.07) is 8.53. The smallest absolute Gasteiger partial charge is 0.207 e. The van der Waals surface area contributed by atoms with Crippen LogP contribution in [-0.4, -0.2) is 0 Å². The predicted molar refractivity (Wildman–Crippen MR) is 84.7 cm³/mol. The molecule has 2 aromatic carbocycles. The van der Waals surface area contributed by atoms with Gasteiger partial charge in [-0.15, -0.1) is 0 Å². The van der Waals surface area contributed by atoms with Gasteiger partial charge in [0.05, 0.1) is 10.9 Å². The van der Waals surface area contributed by atoms with E-state index in [0.29, 0.717) is 11.1 Å². The van der Waals surface area contributed by atoms with Crippen LogP contribution in [0.25, 0.3) is 22.0 Å². The van der Waals surface area contributed by atoms with Crippen LogP contribution in [0.4, 0.5) is 8.78 Å². The summed E-state index contributed by atoms with van der Waals surface area (Å²) in [5.74, 6) is -0.411. The minimum atomic E-state index is -0.254. The molecule has 0 radical (unpaired) electrons. The minimum absolute atomic E-state index is 0.157. The van der Waals surface area contributed by atoms with Crippen molar-refractivity contribution in [3.63, 3.8) is 0 Å². The van der Waals surface area contributed by atoms with Gasteiger partial charge < -0.3 is 0 Å². The van der Waals surface area contributed by atoms with E-state index < -0.39 is 0 Å². The Labute approximate surface area is 128 Å². The summed E-state index contributed by atoms with van der Waals surface area (Å²) >= 11 is 0. The van der Waals surface area contributed by atoms with Crippen LogP contribution in [0.15, 0.2) is 36.5 Å². The minimum Gasteiger partial charge on any atom is -0.207 e. The van der Waals surface area contributed by atoms with E-state index in [1.807, 2.05) is 36.9 Å². The number of aromatic nitrogens is 1. The molecule has 0 saturated heterocycles. The molecule has 0 spiro atoms. The van der Waals surface area contributed by atoms with E-state index in [4.69, 9.17) is 0 Å². The number of nitrogens with zero attached hydrogens (tertiary/aromatic N) is 1. The molecule has 1 aromatic heterocycles. The summed E-state index contributed by atoms with van der Waals surface area (Å²) in [6.07, 6.45) is 1.91. The zero-order valence-electron chi connectivity index (χ0n) is 13.2. The van der Waals surface area contributed by atoms with Crippen LogP contribution in [0.2, 0.25) is 0 Å². The summed E-state index contributed by atoms with van der Waals surface area (Å²) in [4.78, 5) is 0. The van der Waals surface area contributed by atoms with E-state index >= 15 is 0 Å². The maximum absolute atomic E-state index is 14.1. The van der Waals surface area contributed by atoms with E-state index in [9.17, 15) is 8.78 Å². The highest BCUT2D eigenvalue weighted by molar-refractivity contribution is 5.93. The molecule has 0 saturated carbocycles. The first-order chi connectivity index (χ1) is 10.4. The molecule has 1 nitrogen and oxygen atoms in total. The van der Waals surface area contributed by atoms with Crippen molar-refractivity contribution in [3.8, 4) is 11.3 Å². The van der Waals surface area contributed by atoms with E-state index in [-0.39, 0.29) is 11.6 Å². The molecule has 0 unspecified atom stereocenters. The molecule has 112 valence electrons. The maximum Gasteiger partial charge on any atom is 0.220 e. The molecule has 0 amide bonds. The second-order valence-electron chi connectivity index (χ2n) is 5.81. The molecule has 0 aliphatic heterocycles. The maximum atomic E-state index is 14.1. The molecular weight excluding hydrogens is 280 g/mol. The highest BCUT2D eigenvalue weighted by Gasteiger charge is 2.20. The van der Waals surface area contributed by atoms with Gasteiger partial charge in [-0.25, -0.2) is 13.3 Å². The van der Waals surface area contributed by atoms with Gasteiger partial charge in [0, 0.05) is 6.07 Å². The van der Waals surface area contributed by atoms with Crippen molar-refractivity contribution in [3.05, 3.63) is 64.9 Å². The van der Waals surface area contributed by atoms with Crippen molar-refractivity contribution < 1.29 is 13.3 Å². The highest BCUT2D eigenvalue weighted by atomic mass is 19.1. The van der Waals surface area contributed by atoms with Gasteiger partial charge in [0.15, 0.2) is 6.20 Å². The standard InChI is InChI=1S/C19H18F2N/c1-11-9-17(12(2)13(3)18(11)21)19-16-6-5-15(20)10-14(16)7-8-22(19)4/h5-10H,1-4H3/q+1. The van der Waals surface area contributed by atoms with Crippen LogP contribution in [-0.2, 0) is 7.05 Å². The average Bonchev–Trinajstić information content (AvgIpc) is 2.49. The lowest BCUT2D eigenvalue weighted by molar-refractivity contribution is -0.659. The van der Waals surface area contributed by atoms with Crippen molar-refractivity contribution in [2.75, 3.05) is 0 Å². The lowest BCUT2D eigenvalue weighted by Crippen LogP contribution is -2.31. The normalized spacial score (nSPS) is 11.2. The summed E-state index contributed by atoms with van der Waals surface area (Å²) < 4.78 is 29.6. The SMILES string of the molecule is Cc1cc(-c2c3ccc(F)cc3cc[n+]2C)c(C)c(C)c1F. The first-order valence-corrected chi connectivity index (χ1v) is 7.24. The first kappa shape index (κ1) is 14.6. The number of aryl methyl sites for hydroxylation is 2. The van der Waals surface area contributed by atoms with Gasteiger partial charge in [-0.05, 0) is 67.1 Å². The number of pyridine rings is 1. The number of hydrogen-bond donors (Lipinski definition) is 0. The molecule has 0 N–H and O–H groups in total. The third-order valence-corrected chi connectivity index (χ3v) is 4.36. The number of hydrogen-bond acceptors (Lipinski definition) is 0. The van der Waals surface area contributed by atoms with E-state index in [2.05, 4.69) is 0 Å². The summed E-state index contributed by atoms with van der Waals surface area (Å²) in [7, 11) is 1.95. The Kier molecular flexibility index (Phi) is 3.44. The zero-order chi connectivity index (χ0) is 16.0. The Morgan fingerprint density at radius 2 is 1.64 bits per heavy atom. The summed E-state index contributed by atoms with van der Waals surface area (Å²) in [6.45, 7) is 5.50. The van der Waals surface area contributed by atoms with Gasteiger partial charge in [-0.1, -0.05) is 0 Å². The molecule has 3 heteroatoms. The Morgan fingerprint density at radius 3 is 2.36 bits per heavy atom. The topological polar surface area (TPSA) is 3.88 Å². The molecule has 0 atom stereocenters. The molecule has 22 heavy (non-hydrogen) atoms. The molecule has 0 bridgehead atoms. The Hall–Kier alpha value is -2.29. The van der Waals surface area contributed by atoms with Gasteiger partial charge in [-0.2, -0.15) is 0 Å². The van der Waals surface area contributed by atoms with E-state index in [1.165, 1.54) is 12.1 Å². The van der Waals surface area contributed by atoms with Crippen molar-refractivity contribution >= 4 is 10.8 Å². The third kappa shape index (κ3) is 2.17. The largest absolute Gasteiger partial charge is 0.220 e. The van der Waals surface area contributed by atoms with Crippen molar-refractivity contribution in [1.29, 1.82) is 0 Å². The monoisotopic (exact) mass is 298 g/mol. The second-order valence-corrected chi connectivity index (χ2v) is 5.81. The van der Waals surface area contributed by atoms with E-state index in [0.717, 1.165) is 27.6 Å². The number of benzene rings is 2. The van der Waals surface area contributed by atoms with Gasteiger partial charge in [0.25, 0.3) is 0 Å². The van der Waals surface area contributed by atoms with Gasteiger partial charge in [0.2, 0.25) is 5.69 Å². The fourth-order valence-electron chi connectivity index (χ4n) is 2.98. The molecule has 0 fully saturated rings. The van der Waals surface area contributed by atoms with Crippen LogP contribution in [0.1, 0.15) is 16.7 Å². The number of fused-ring (bicyclic) bond motifs is 1. The highest BCUT2D eigenvalue weighted by Crippen LogP contribution is 2.31. The van der Waals surface area contributed by atoms with Gasteiger partial charge >= 0.3 is 0 Å². The van der Waals surface area contributed by atoms with Crippen LogP contribution >= 0.6 is 0 Å². The predicted octanol–water partition coefficient (Wildman–Crippen LogP) is 4.53. The van der Waals surface area contributed by atoms with Crippen LogP contribution in [0, 0.1) is 32.4 Å².